The second-order valence-electron chi connectivity index (χ2n) is 4.30. The van der Waals surface area contributed by atoms with Gasteiger partial charge >= 0.3 is 0 Å². The van der Waals surface area contributed by atoms with E-state index in [2.05, 4.69) is 39.4 Å². The second-order valence-corrected chi connectivity index (χ2v) is 4.30. The van der Waals surface area contributed by atoms with Gasteiger partial charge in [-0.05, 0) is 25.5 Å². The van der Waals surface area contributed by atoms with Crippen LogP contribution in [0.25, 0.3) is 0 Å². The number of hydrogen-bond acceptors (Lipinski definition) is 5. The van der Waals surface area contributed by atoms with Crippen LogP contribution >= 0.6 is 0 Å². The van der Waals surface area contributed by atoms with E-state index in [1.54, 1.807) is 12.5 Å². The van der Waals surface area contributed by atoms with Crippen molar-refractivity contribution in [1.82, 2.24) is 15.0 Å². The zero-order valence-corrected chi connectivity index (χ0v) is 10.6. The Labute approximate surface area is 107 Å². The van der Waals surface area contributed by atoms with Crippen molar-refractivity contribution in [3.05, 3.63) is 42.5 Å². The molecule has 0 atom stereocenters. The minimum Gasteiger partial charge on any atom is -0.368 e. The van der Waals surface area contributed by atoms with Crippen molar-refractivity contribution >= 4 is 11.6 Å². The molecule has 0 aromatic carbocycles. The van der Waals surface area contributed by atoms with Crippen molar-refractivity contribution in [3.8, 4) is 0 Å². The highest BCUT2D eigenvalue weighted by molar-refractivity contribution is 5.46. The molecule has 2 aromatic heterocycles. The minimum atomic E-state index is 0.353. The van der Waals surface area contributed by atoms with Gasteiger partial charge in [0.25, 0.3) is 0 Å². The van der Waals surface area contributed by atoms with Crippen molar-refractivity contribution < 1.29 is 0 Å². The van der Waals surface area contributed by atoms with Gasteiger partial charge in [-0.25, -0.2) is 9.97 Å². The van der Waals surface area contributed by atoms with Crippen molar-refractivity contribution in [2.45, 2.75) is 26.4 Å². The summed E-state index contributed by atoms with van der Waals surface area (Å²) in [5, 5.41) is 6.48. The Morgan fingerprint density at radius 1 is 1.22 bits per heavy atom. The first-order chi connectivity index (χ1) is 8.74. The molecule has 0 amide bonds. The topological polar surface area (TPSA) is 62.7 Å². The molecule has 0 saturated carbocycles. The fourth-order valence-electron chi connectivity index (χ4n) is 1.52. The average Bonchev–Trinajstić information content (AvgIpc) is 2.37. The van der Waals surface area contributed by atoms with E-state index in [0.29, 0.717) is 12.6 Å². The summed E-state index contributed by atoms with van der Waals surface area (Å²) in [6, 6.07) is 6.19. The van der Waals surface area contributed by atoms with E-state index in [1.807, 2.05) is 24.4 Å². The molecule has 0 aliphatic heterocycles. The van der Waals surface area contributed by atoms with Crippen molar-refractivity contribution in [1.29, 1.82) is 0 Å². The standard InChI is InChI=1S/C13H17N5/c1-10(2)18-13-6-12(16-9-17-13)15-8-11-4-3-5-14-7-11/h3-7,9-10H,8H2,1-2H3,(H2,15,16,17,18). The van der Waals surface area contributed by atoms with Gasteiger partial charge in [0.05, 0.1) is 0 Å². The Bertz CT molecular complexity index is 484. The minimum absolute atomic E-state index is 0.353. The van der Waals surface area contributed by atoms with E-state index in [4.69, 9.17) is 0 Å². The summed E-state index contributed by atoms with van der Waals surface area (Å²) in [6.45, 7) is 4.85. The zero-order chi connectivity index (χ0) is 12.8. The van der Waals surface area contributed by atoms with Gasteiger partial charge in [-0.1, -0.05) is 6.07 Å². The smallest absolute Gasteiger partial charge is 0.131 e. The molecule has 0 spiro atoms. The van der Waals surface area contributed by atoms with E-state index in [-0.39, 0.29) is 0 Å². The molecule has 0 fully saturated rings. The maximum absolute atomic E-state index is 4.18. The molecule has 2 N–H and O–H groups in total. The van der Waals surface area contributed by atoms with Crippen molar-refractivity contribution in [2.24, 2.45) is 0 Å². The first-order valence-electron chi connectivity index (χ1n) is 5.95. The van der Waals surface area contributed by atoms with Crippen LogP contribution in [0.15, 0.2) is 36.9 Å². The summed E-state index contributed by atoms with van der Waals surface area (Å²) in [4.78, 5) is 12.4. The van der Waals surface area contributed by atoms with Crippen LogP contribution in [0.2, 0.25) is 0 Å². The van der Waals surface area contributed by atoms with Crippen LogP contribution in [0.4, 0.5) is 11.6 Å². The summed E-state index contributed by atoms with van der Waals surface area (Å²) in [7, 11) is 0. The van der Waals surface area contributed by atoms with E-state index >= 15 is 0 Å². The molecule has 0 aliphatic rings. The van der Waals surface area contributed by atoms with Crippen LogP contribution in [0.1, 0.15) is 19.4 Å². The summed E-state index contributed by atoms with van der Waals surface area (Å²) in [5.41, 5.74) is 1.12. The monoisotopic (exact) mass is 243 g/mol. The molecule has 0 radical (unpaired) electrons. The van der Waals surface area contributed by atoms with Gasteiger partial charge in [-0.15, -0.1) is 0 Å². The lowest BCUT2D eigenvalue weighted by Gasteiger charge is -2.10. The quantitative estimate of drug-likeness (QED) is 0.843. The van der Waals surface area contributed by atoms with Crippen LogP contribution < -0.4 is 10.6 Å². The molecular formula is C13H17N5. The fourth-order valence-corrected chi connectivity index (χ4v) is 1.52. The van der Waals surface area contributed by atoms with Gasteiger partial charge in [0.1, 0.15) is 18.0 Å². The Hall–Kier alpha value is -2.17. The van der Waals surface area contributed by atoms with E-state index in [9.17, 15) is 0 Å². The fraction of sp³-hybridized carbons (Fsp3) is 0.308. The molecule has 2 rings (SSSR count). The van der Waals surface area contributed by atoms with Crippen molar-refractivity contribution in [2.75, 3.05) is 10.6 Å². The predicted molar refractivity (Wildman–Crippen MR) is 72.4 cm³/mol. The lowest BCUT2D eigenvalue weighted by molar-refractivity contribution is 0.886. The predicted octanol–water partition coefficient (Wildman–Crippen LogP) is 2.30. The van der Waals surface area contributed by atoms with Crippen LogP contribution in [0, 0.1) is 0 Å². The Morgan fingerprint density at radius 2 is 2.06 bits per heavy atom. The maximum atomic E-state index is 4.18. The third-order valence-electron chi connectivity index (χ3n) is 2.30. The van der Waals surface area contributed by atoms with Gasteiger partial charge in [0.15, 0.2) is 0 Å². The second kappa shape index (κ2) is 5.95. The highest BCUT2D eigenvalue weighted by atomic mass is 15.1. The zero-order valence-electron chi connectivity index (χ0n) is 10.6. The highest BCUT2D eigenvalue weighted by Gasteiger charge is 2.00. The number of aromatic nitrogens is 3. The van der Waals surface area contributed by atoms with E-state index in [0.717, 1.165) is 17.2 Å². The highest BCUT2D eigenvalue weighted by Crippen LogP contribution is 2.10. The third-order valence-corrected chi connectivity index (χ3v) is 2.30. The molecule has 0 unspecified atom stereocenters. The van der Waals surface area contributed by atoms with Gasteiger partial charge in [-0.2, -0.15) is 0 Å². The molecule has 0 aliphatic carbocycles. The first kappa shape index (κ1) is 12.3. The van der Waals surface area contributed by atoms with Gasteiger partial charge < -0.3 is 10.6 Å². The van der Waals surface area contributed by atoms with E-state index in [1.165, 1.54) is 0 Å². The Balaban J connectivity index is 1.97. The molecule has 18 heavy (non-hydrogen) atoms. The molecule has 5 heteroatoms. The average molecular weight is 243 g/mol. The van der Waals surface area contributed by atoms with Crippen LogP contribution in [-0.4, -0.2) is 21.0 Å². The van der Waals surface area contributed by atoms with Crippen LogP contribution in [0.5, 0.6) is 0 Å². The third kappa shape index (κ3) is 3.69. The normalized spacial score (nSPS) is 10.4. The molecule has 94 valence electrons. The number of hydrogen-bond donors (Lipinski definition) is 2. The van der Waals surface area contributed by atoms with E-state index < -0.39 is 0 Å². The largest absolute Gasteiger partial charge is 0.368 e. The van der Waals surface area contributed by atoms with Gasteiger partial charge in [0, 0.05) is 31.0 Å². The molecular weight excluding hydrogens is 226 g/mol. The summed E-state index contributed by atoms with van der Waals surface area (Å²) in [5.74, 6) is 1.63. The SMILES string of the molecule is CC(C)Nc1cc(NCc2cccnc2)ncn1. The summed E-state index contributed by atoms with van der Waals surface area (Å²) in [6.07, 6.45) is 5.15. The van der Waals surface area contributed by atoms with Gasteiger partial charge in [0.2, 0.25) is 0 Å². The number of anilines is 2. The van der Waals surface area contributed by atoms with Crippen LogP contribution in [0.3, 0.4) is 0 Å². The summed E-state index contributed by atoms with van der Waals surface area (Å²) < 4.78 is 0. The maximum Gasteiger partial charge on any atom is 0.131 e. The Morgan fingerprint density at radius 3 is 2.78 bits per heavy atom. The number of nitrogens with one attached hydrogen (secondary N) is 2. The first-order valence-corrected chi connectivity index (χ1v) is 5.95. The molecule has 0 saturated heterocycles. The van der Waals surface area contributed by atoms with Crippen molar-refractivity contribution in [3.63, 3.8) is 0 Å². The number of nitrogens with zero attached hydrogens (tertiary/aromatic N) is 3. The lowest BCUT2D eigenvalue weighted by Crippen LogP contribution is -2.11. The molecule has 5 nitrogen and oxygen atoms in total. The molecule has 0 bridgehead atoms. The Kier molecular flexibility index (Phi) is 4.06. The molecule has 2 heterocycles. The lowest BCUT2D eigenvalue weighted by atomic mass is 10.3. The van der Waals surface area contributed by atoms with Crippen LogP contribution in [-0.2, 0) is 6.54 Å². The summed E-state index contributed by atoms with van der Waals surface area (Å²) >= 11 is 0. The molecule has 2 aromatic rings. The number of rotatable bonds is 5. The van der Waals surface area contributed by atoms with Gasteiger partial charge in [-0.3, -0.25) is 4.98 Å². The number of pyridine rings is 1.